The number of nitrogens with one attached hydrogen (secondary N) is 1. The summed E-state index contributed by atoms with van der Waals surface area (Å²) in [6.07, 6.45) is 27.9. The Morgan fingerprint density at radius 3 is 1.35 bits per heavy atom. The number of thioether (sulfide) groups is 2. The SMILES string of the molecule is CCCCCCCCCCCCSc1n[nH]c(SCCCCCCCCCCCC)n1. The molecular weight excluding hydrogens is 418 g/mol. The van der Waals surface area contributed by atoms with E-state index in [0.717, 1.165) is 21.8 Å². The molecule has 0 fully saturated rings. The highest BCUT2D eigenvalue weighted by Gasteiger charge is 2.04. The summed E-state index contributed by atoms with van der Waals surface area (Å²) in [4.78, 5) is 4.64. The zero-order chi connectivity index (χ0) is 22.2. The van der Waals surface area contributed by atoms with Crippen molar-refractivity contribution in [3.05, 3.63) is 0 Å². The number of hydrogen-bond donors (Lipinski definition) is 1. The summed E-state index contributed by atoms with van der Waals surface area (Å²) in [5, 5.41) is 9.42. The highest BCUT2D eigenvalue weighted by atomic mass is 32.2. The minimum atomic E-state index is 0.932. The molecule has 0 atom stereocenters. The second kappa shape index (κ2) is 23.0. The normalized spacial score (nSPS) is 11.4. The van der Waals surface area contributed by atoms with Gasteiger partial charge in [-0.25, -0.2) is 0 Å². The third-order valence-corrected chi connectivity index (χ3v) is 7.79. The van der Waals surface area contributed by atoms with Crippen LogP contribution in [0.3, 0.4) is 0 Å². The van der Waals surface area contributed by atoms with Crippen LogP contribution in [0.5, 0.6) is 0 Å². The van der Waals surface area contributed by atoms with Crippen molar-refractivity contribution in [3.8, 4) is 0 Å². The first-order valence-corrected chi connectivity index (χ1v) is 15.5. The summed E-state index contributed by atoms with van der Waals surface area (Å²) >= 11 is 3.65. The van der Waals surface area contributed by atoms with Crippen LogP contribution < -0.4 is 0 Å². The Labute approximate surface area is 202 Å². The van der Waals surface area contributed by atoms with E-state index in [0.29, 0.717) is 0 Å². The number of hydrogen-bond acceptors (Lipinski definition) is 4. The van der Waals surface area contributed by atoms with E-state index in [1.54, 1.807) is 0 Å². The zero-order valence-electron chi connectivity index (χ0n) is 20.8. The molecular formula is C26H51N3S2. The maximum absolute atomic E-state index is 4.64. The van der Waals surface area contributed by atoms with E-state index in [1.807, 2.05) is 23.5 Å². The third-order valence-electron chi connectivity index (χ3n) is 5.91. The van der Waals surface area contributed by atoms with Gasteiger partial charge < -0.3 is 0 Å². The van der Waals surface area contributed by atoms with Crippen molar-refractivity contribution in [1.82, 2.24) is 15.2 Å². The molecule has 1 aromatic heterocycles. The lowest BCUT2D eigenvalue weighted by atomic mass is 10.1. The van der Waals surface area contributed by atoms with Gasteiger partial charge >= 0.3 is 0 Å². The molecule has 5 heteroatoms. The molecule has 0 spiro atoms. The predicted octanol–water partition coefficient (Wildman–Crippen LogP) is 9.83. The van der Waals surface area contributed by atoms with Crippen molar-refractivity contribution in [2.45, 2.75) is 153 Å². The lowest BCUT2D eigenvalue weighted by molar-refractivity contribution is 0.563. The van der Waals surface area contributed by atoms with Crippen LogP contribution in [0, 0.1) is 0 Å². The Morgan fingerprint density at radius 1 is 0.516 bits per heavy atom. The summed E-state index contributed by atoms with van der Waals surface area (Å²) in [5.74, 6) is 2.31. The van der Waals surface area contributed by atoms with Gasteiger partial charge in [0.25, 0.3) is 0 Å². The van der Waals surface area contributed by atoms with Crippen molar-refractivity contribution in [1.29, 1.82) is 0 Å². The Morgan fingerprint density at radius 2 is 0.903 bits per heavy atom. The van der Waals surface area contributed by atoms with Gasteiger partial charge in [0.05, 0.1) is 0 Å². The Hall–Kier alpha value is -0.160. The maximum atomic E-state index is 4.64. The average Bonchev–Trinajstić information content (AvgIpc) is 3.23. The molecule has 3 nitrogen and oxygen atoms in total. The fraction of sp³-hybridized carbons (Fsp3) is 0.923. The monoisotopic (exact) mass is 469 g/mol. The molecule has 31 heavy (non-hydrogen) atoms. The minimum Gasteiger partial charge on any atom is -0.253 e. The van der Waals surface area contributed by atoms with Gasteiger partial charge in [0, 0.05) is 11.5 Å². The van der Waals surface area contributed by atoms with Crippen LogP contribution in [0.2, 0.25) is 0 Å². The summed E-state index contributed by atoms with van der Waals surface area (Å²) in [6.45, 7) is 4.57. The number of H-pyrrole nitrogens is 1. The fourth-order valence-electron chi connectivity index (χ4n) is 3.87. The van der Waals surface area contributed by atoms with Gasteiger partial charge in [-0.05, 0) is 12.8 Å². The van der Waals surface area contributed by atoms with Crippen LogP contribution in [-0.4, -0.2) is 26.7 Å². The maximum Gasteiger partial charge on any atom is 0.209 e. The molecule has 0 amide bonds. The van der Waals surface area contributed by atoms with Crippen LogP contribution in [0.1, 0.15) is 142 Å². The van der Waals surface area contributed by atoms with Crippen LogP contribution in [0.25, 0.3) is 0 Å². The van der Waals surface area contributed by atoms with Crippen LogP contribution in [-0.2, 0) is 0 Å². The van der Waals surface area contributed by atoms with Gasteiger partial charge in [0.15, 0.2) is 5.16 Å². The topological polar surface area (TPSA) is 41.6 Å². The van der Waals surface area contributed by atoms with Gasteiger partial charge in [0.1, 0.15) is 0 Å². The molecule has 0 aliphatic carbocycles. The number of rotatable bonds is 24. The molecule has 0 saturated carbocycles. The van der Waals surface area contributed by atoms with Crippen molar-refractivity contribution in [2.24, 2.45) is 0 Å². The van der Waals surface area contributed by atoms with E-state index in [9.17, 15) is 0 Å². The lowest BCUT2D eigenvalue weighted by Gasteiger charge is -2.02. The largest absolute Gasteiger partial charge is 0.253 e. The molecule has 0 aromatic carbocycles. The summed E-state index contributed by atoms with van der Waals surface area (Å²) in [7, 11) is 0. The van der Waals surface area contributed by atoms with Crippen molar-refractivity contribution < 1.29 is 0 Å². The molecule has 0 saturated heterocycles. The van der Waals surface area contributed by atoms with E-state index in [-0.39, 0.29) is 0 Å². The molecule has 1 aromatic rings. The molecule has 1 N–H and O–H groups in total. The Bertz CT molecular complexity index is 438. The molecule has 0 unspecified atom stereocenters. The quantitative estimate of drug-likeness (QED) is 0.121. The summed E-state index contributed by atoms with van der Waals surface area (Å²) in [6, 6.07) is 0. The molecule has 1 rings (SSSR count). The first-order chi connectivity index (χ1) is 15.4. The Balaban J connectivity index is 1.86. The molecule has 182 valence electrons. The fourth-order valence-corrected chi connectivity index (χ4v) is 5.53. The number of unbranched alkanes of at least 4 members (excludes halogenated alkanes) is 18. The smallest absolute Gasteiger partial charge is 0.209 e. The molecule has 0 radical (unpaired) electrons. The van der Waals surface area contributed by atoms with Crippen LogP contribution >= 0.6 is 23.5 Å². The van der Waals surface area contributed by atoms with Crippen LogP contribution in [0.4, 0.5) is 0 Å². The standard InChI is InChI=1S/C26H51N3S2/c1-3-5-7-9-11-13-15-17-19-21-23-30-25-27-26(29-28-25)31-24-22-20-18-16-14-12-10-8-6-4-2/h3-24H2,1-2H3,(H,27,28,29). The summed E-state index contributed by atoms with van der Waals surface area (Å²) < 4.78 is 0. The molecule has 0 aliphatic rings. The van der Waals surface area contributed by atoms with Crippen molar-refractivity contribution in [3.63, 3.8) is 0 Å². The second-order valence-electron chi connectivity index (χ2n) is 8.98. The first-order valence-electron chi connectivity index (χ1n) is 13.5. The van der Waals surface area contributed by atoms with E-state index < -0.39 is 0 Å². The van der Waals surface area contributed by atoms with Gasteiger partial charge in [-0.2, -0.15) is 4.98 Å². The zero-order valence-corrected chi connectivity index (χ0v) is 22.4. The van der Waals surface area contributed by atoms with Gasteiger partial charge in [-0.3, -0.25) is 5.10 Å². The summed E-state index contributed by atoms with van der Waals surface area (Å²) in [5.41, 5.74) is 0. The van der Waals surface area contributed by atoms with Crippen LogP contribution in [0.15, 0.2) is 10.3 Å². The molecule has 1 heterocycles. The van der Waals surface area contributed by atoms with Crippen molar-refractivity contribution in [2.75, 3.05) is 11.5 Å². The van der Waals surface area contributed by atoms with Gasteiger partial charge in [0.2, 0.25) is 5.16 Å². The van der Waals surface area contributed by atoms with Gasteiger partial charge in [-0.15, -0.1) is 5.10 Å². The van der Waals surface area contributed by atoms with Crippen molar-refractivity contribution >= 4 is 23.5 Å². The third kappa shape index (κ3) is 19.1. The Kier molecular flexibility index (Phi) is 21.4. The molecule has 0 bridgehead atoms. The number of aromatic amines is 1. The lowest BCUT2D eigenvalue weighted by Crippen LogP contribution is -1.85. The van der Waals surface area contributed by atoms with E-state index in [1.165, 1.54) is 128 Å². The second-order valence-corrected chi connectivity index (χ2v) is 11.1. The number of aromatic nitrogens is 3. The first kappa shape index (κ1) is 28.9. The van der Waals surface area contributed by atoms with Gasteiger partial charge in [-0.1, -0.05) is 153 Å². The highest BCUT2D eigenvalue weighted by molar-refractivity contribution is 7.99. The number of nitrogens with zero attached hydrogens (tertiary/aromatic N) is 2. The highest BCUT2D eigenvalue weighted by Crippen LogP contribution is 2.21. The minimum absolute atomic E-state index is 0.932. The predicted molar refractivity (Wildman–Crippen MR) is 142 cm³/mol. The molecule has 0 aliphatic heterocycles. The van der Waals surface area contributed by atoms with E-state index >= 15 is 0 Å². The van der Waals surface area contributed by atoms with E-state index in [2.05, 4.69) is 29.0 Å². The van der Waals surface area contributed by atoms with E-state index in [4.69, 9.17) is 0 Å². The average molecular weight is 470 g/mol.